The molecular formula is C57H81N5O13. The van der Waals surface area contributed by atoms with Gasteiger partial charge in [0.1, 0.15) is 11.8 Å². The molecule has 0 saturated heterocycles. The maximum atomic E-state index is 14.5. The first kappa shape index (κ1) is 62.7. The number of para-hydroxylation sites is 1. The topological polar surface area (TPSA) is 295 Å². The number of carbonyl (C=O) groups is 10. The molecule has 0 aliphatic carbocycles. The molecule has 0 spiro atoms. The first-order valence-electron chi connectivity index (χ1n) is 26.3. The largest absolute Gasteiger partial charge is 0.481 e. The fourth-order valence-corrected chi connectivity index (χ4v) is 9.10. The molecule has 0 aliphatic rings. The van der Waals surface area contributed by atoms with Crippen molar-refractivity contribution in [1.82, 2.24) is 26.3 Å². The quantitative estimate of drug-likeness (QED) is 0.0346. The zero-order chi connectivity index (χ0) is 56.1. The predicted molar refractivity (Wildman–Crippen MR) is 283 cm³/mol. The smallest absolute Gasteiger partial charge is 0.326 e. The van der Waals surface area contributed by atoms with Crippen LogP contribution in [0.5, 0.6) is 0 Å². The number of nitrogens with one attached hydrogen (secondary N) is 5. The summed E-state index contributed by atoms with van der Waals surface area (Å²) in [5.74, 6) is -12.9. The Balaban J connectivity index is 1.85. The average molecular weight is 1040 g/mol. The SMILES string of the molecule is CC[C@H](C)[C@H](NC(=O)[C@H](CCC(=O)O)CC(=O)[C@H](Cc1c[nH]c2ccccc12)NC(=O)[C@@H](CC(=O)[C@@H](NC(=O)[C@@H](CC(=O)CNC(=O)[C@@H](CC(=O)[C@@H](C)CO)Cc1ccccc1)C(C)C)C(C)C)CC(C)C)C(=O)O. The second kappa shape index (κ2) is 30.7. The van der Waals surface area contributed by atoms with Gasteiger partial charge in [-0.2, -0.15) is 0 Å². The van der Waals surface area contributed by atoms with Crippen molar-refractivity contribution < 1.29 is 63.3 Å². The van der Waals surface area contributed by atoms with Crippen LogP contribution in [-0.4, -0.2) is 110 Å². The maximum absolute atomic E-state index is 14.5. The van der Waals surface area contributed by atoms with Crippen molar-refractivity contribution in [3.8, 4) is 0 Å². The molecule has 3 aromatic rings. The highest BCUT2D eigenvalue weighted by molar-refractivity contribution is 5.98. The second-order valence-corrected chi connectivity index (χ2v) is 21.3. The monoisotopic (exact) mass is 1040 g/mol. The van der Waals surface area contributed by atoms with Gasteiger partial charge in [-0.3, -0.25) is 43.2 Å². The van der Waals surface area contributed by atoms with Gasteiger partial charge in [-0.25, -0.2) is 4.79 Å². The molecule has 0 bridgehead atoms. The summed E-state index contributed by atoms with van der Waals surface area (Å²) < 4.78 is 0. The van der Waals surface area contributed by atoms with E-state index < -0.39 is 132 Å². The minimum atomic E-state index is -1.30. The number of aliphatic hydroxyl groups excluding tert-OH is 1. The lowest BCUT2D eigenvalue weighted by atomic mass is 9.85. The van der Waals surface area contributed by atoms with Crippen molar-refractivity contribution in [3.63, 3.8) is 0 Å². The molecule has 412 valence electrons. The number of fused-ring (bicyclic) bond motifs is 1. The molecule has 2 aromatic carbocycles. The number of amides is 4. The van der Waals surface area contributed by atoms with Crippen LogP contribution in [0, 0.1) is 53.3 Å². The van der Waals surface area contributed by atoms with E-state index in [-0.39, 0.29) is 69.2 Å². The molecular weight excluding hydrogens is 963 g/mol. The van der Waals surface area contributed by atoms with Crippen molar-refractivity contribution >= 4 is 69.6 Å². The van der Waals surface area contributed by atoms with Gasteiger partial charge in [-0.05, 0) is 60.1 Å². The number of carboxylic acid groups (broad SMARTS) is 2. The number of hydrogen-bond acceptors (Lipinski definition) is 11. The van der Waals surface area contributed by atoms with Crippen molar-refractivity contribution in [3.05, 3.63) is 71.9 Å². The summed E-state index contributed by atoms with van der Waals surface area (Å²) >= 11 is 0. The van der Waals surface area contributed by atoms with E-state index in [9.17, 15) is 63.3 Å². The third kappa shape index (κ3) is 20.2. The van der Waals surface area contributed by atoms with Gasteiger partial charge >= 0.3 is 11.9 Å². The molecule has 1 aromatic heterocycles. The molecule has 0 unspecified atom stereocenters. The number of carbonyl (C=O) groups excluding carboxylic acids is 8. The Morgan fingerprint density at radius 3 is 1.80 bits per heavy atom. The van der Waals surface area contributed by atoms with Crippen LogP contribution in [0.4, 0.5) is 0 Å². The molecule has 0 fully saturated rings. The van der Waals surface area contributed by atoms with E-state index in [4.69, 9.17) is 0 Å². The Hall–Kier alpha value is -6.56. The summed E-state index contributed by atoms with van der Waals surface area (Å²) in [6, 6.07) is 12.7. The van der Waals surface area contributed by atoms with E-state index in [1.54, 1.807) is 54.7 Å². The number of rotatable bonds is 35. The summed E-state index contributed by atoms with van der Waals surface area (Å²) in [5.41, 5.74) is 2.23. The van der Waals surface area contributed by atoms with Gasteiger partial charge in [0.15, 0.2) is 17.3 Å². The molecule has 8 N–H and O–H groups in total. The van der Waals surface area contributed by atoms with Gasteiger partial charge in [-0.1, -0.05) is 117 Å². The fraction of sp³-hybridized carbons (Fsp3) is 0.579. The lowest BCUT2D eigenvalue weighted by molar-refractivity contribution is -0.145. The van der Waals surface area contributed by atoms with Crippen molar-refractivity contribution in [1.29, 1.82) is 0 Å². The highest BCUT2D eigenvalue weighted by Gasteiger charge is 2.37. The Labute approximate surface area is 440 Å². The van der Waals surface area contributed by atoms with Gasteiger partial charge in [0.05, 0.1) is 25.2 Å². The number of ketones is 4. The first-order valence-corrected chi connectivity index (χ1v) is 26.3. The number of aromatic amines is 1. The van der Waals surface area contributed by atoms with Crippen molar-refractivity contribution in [2.45, 2.75) is 145 Å². The van der Waals surface area contributed by atoms with Crippen molar-refractivity contribution in [2.75, 3.05) is 13.2 Å². The summed E-state index contributed by atoms with van der Waals surface area (Å²) in [6.07, 6.45) is 0.447. The van der Waals surface area contributed by atoms with Crippen LogP contribution >= 0.6 is 0 Å². The van der Waals surface area contributed by atoms with Crippen LogP contribution in [0.25, 0.3) is 10.9 Å². The summed E-state index contributed by atoms with van der Waals surface area (Å²) in [7, 11) is 0. The lowest BCUT2D eigenvalue weighted by Crippen LogP contribution is -2.50. The van der Waals surface area contributed by atoms with E-state index in [0.717, 1.165) is 16.5 Å². The summed E-state index contributed by atoms with van der Waals surface area (Å²) in [4.78, 5) is 138. The Bertz CT molecular complexity index is 2430. The molecule has 18 heteroatoms. The summed E-state index contributed by atoms with van der Waals surface area (Å²) in [6.45, 7) is 14.9. The van der Waals surface area contributed by atoms with E-state index >= 15 is 0 Å². The molecule has 0 radical (unpaired) electrons. The van der Waals surface area contributed by atoms with E-state index in [1.165, 1.54) is 0 Å². The van der Waals surface area contributed by atoms with Crippen LogP contribution in [-0.2, 0) is 60.8 Å². The number of H-pyrrole nitrogens is 1. The third-order valence-corrected chi connectivity index (χ3v) is 14.0. The maximum Gasteiger partial charge on any atom is 0.326 e. The highest BCUT2D eigenvalue weighted by Crippen LogP contribution is 2.25. The van der Waals surface area contributed by atoms with Crippen LogP contribution in [0.2, 0.25) is 0 Å². The van der Waals surface area contributed by atoms with Gasteiger partial charge in [-0.15, -0.1) is 0 Å². The number of aliphatic hydroxyl groups is 1. The number of aromatic nitrogens is 1. The molecule has 9 atom stereocenters. The molecule has 4 amide bonds. The Kier molecular flexibility index (Phi) is 25.7. The highest BCUT2D eigenvalue weighted by atomic mass is 16.4. The average Bonchev–Trinajstić information content (AvgIpc) is 3.77. The molecule has 0 saturated carbocycles. The molecule has 1 heterocycles. The number of Topliss-reactive ketones (excluding diaryl/α,β-unsaturated/α-hetero) is 4. The number of carboxylic acids is 2. The van der Waals surface area contributed by atoms with Crippen LogP contribution in [0.1, 0.15) is 125 Å². The van der Waals surface area contributed by atoms with E-state index in [1.807, 2.05) is 68.4 Å². The van der Waals surface area contributed by atoms with Gasteiger partial charge in [0, 0.05) is 85.2 Å². The molecule has 3 rings (SSSR count). The zero-order valence-electron chi connectivity index (χ0n) is 45.1. The van der Waals surface area contributed by atoms with E-state index in [2.05, 4.69) is 26.3 Å². The van der Waals surface area contributed by atoms with Gasteiger partial charge in [0.25, 0.3) is 0 Å². The summed E-state index contributed by atoms with van der Waals surface area (Å²) in [5, 5.41) is 40.6. The molecule has 0 aliphatic heterocycles. The minimum absolute atomic E-state index is 0.0453. The van der Waals surface area contributed by atoms with Gasteiger partial charge < -0.3 is 41.6 Å². The van der Waals surface area contributed by atoms with Crippen LogP contribution in [0.15, 0.2) is 60.8 Å². The van der Waals surface area contributed by atoms with Gasteiger partial charge in [0.2, 0.25) is 23.6 Å². The first-order chi connectivity index (χ1) is 35.4. The number of benzene rings is 2. The zero-order valence-corrected chi connectivity index (χ0v) is 45.1. The van der Waals surface area contributed by atoms with Crippen LogP contribution < -0.4 is 21.3 Å². The van der Waals surface area contributed by atoms with Crippen LogP contribution in [0.3, 0.4) is 0 Å². The molecule has 75 heavy (non-hydrogen) atoms. The Morgan fingerprint density at radius 2 is 1.21 bits per heavy atom. The van der Waals surface area contributed by atoms with Crippen molar-refractivity contribution in [2.24, 2.45) is 53.3 Å². The fourth-order valence-electron chi connectivity index (χ4n) is 9.10. The normalized spacial score (nSPS) is 15.2. The second-order valence-electron chi connectivity index (χ2n) is 21.3. The van der Waals surface area contributed by atoms with E-state index in [0.29, 0.717) is 12.0 Å². The number of hydrogen-bond donors (Lipinski definition) is 8. The standard InChI is InChI=1S/C57H81N5O13/c1-10-35(8)52(57(74)75)62-54(71)38(20-21-50(68)69)25-48(66)46(24-41-29-58-45-19-15-14-18-43(41)45)60-55(72)39(22-32(2)3)27-49(67)51(34(6)7)61-56(73)44(33(4)5)28-42(64)30-59-53(70)40(26-47(65)36(9)31-63)23-37-16-12-11-13-17-37/h11-19,29,32-36,38-40,44,46,51-52,58,63H,10,20-28,30-31H2,1-9H3,(H,59,70)(H,60,72)(H,61,73)(H,62,71)(H,68,69)(H,74,75)/t35-,36-,38+,39+,40+,44-,46-,51-,52-/m0/s1. The Morgan fingerprint density at radius 1 is 0.613 bits per heavy atom. The lowest BCUT2D eigenvalue weighted by Gasteiger charge is -2.28. The number of aliphatic carboxylic acids is 2. The minimum Gasteiger partial charge on any atom is -0.481 e. The predicted octanol–water partition coefficient (Wildman–Crippen LogP) is 5.81. The molecule has 18 nitrogen and oxygen atoms in total. The third-order valence-electron chi connectivity index (χ3n) is 14.0.